The fourth-order valence-corrected chi connectivity index (χ4v) is 4.41. The molecule has 5 rings (SSSR count). The van der Waals surface area contributed by atoms with Gasteiger partial charge in [-0.05, 0) is 36.6 Å². The maximum absolute atomic E-state index is 13.5. The number of amides is 1. The number of methoxy groups -OCH3 is 1. The van der Waals surface area contributed by atoms with Crippen LogP contribution >= 0.6 is 0 Å². The standard InChI is InChI=1S/C27H27N5O3/c1-34-22-8-4-9-23(14-22)35-26-16-29-15-25(30-26)21-7-5-12-32(18-21)27(33)24-10-3-2-6-20(24)17-31-13-11-28-19-31/h2-4,6,8-11,13-16,19,21H,5,7,12,17-18H2,1H3/t21-/m0/s1. The monoisotopic (exact) mass is 469 g/mol. The van der Waals surface area contributed by atoms with Gasteiger partial charge in [0.2, 0.25) is 5.88 Å². The van der Waals surface area contributed by atoms with Crippen molar-refractivity contribution in [3.8, 4) is 17.4 Å². The number of benzene rings is 2. The Kier molecular flexibility index (Phi) is 6.70. The molecule has 0 unspecified atom stereocenters. The van der Waals surface area contributed by atoms with E-state index in [1.165, 1.54) is 0 Å². The predicted octanol–water partition coefficient (Wildman–Crippen LogP) is 4.54. The summed E-state index contributed by atoms with van der Waals surface area (Å²) in [5.41, 5.74) is 2.53. The predicted molar refractivity (Wildman–Crippen MR) is 131 cm³/mol. The van der Waals surface area contributed by atoms with E-state index in [0.717, 1.165) is 36.2 Å². The zero-order valence-corrected chi connectivity index (χ0v) is 19.6. The largest absolute Gasteiger partial charge is 0.497 e. The van der Waals surface area contributed by atoms with Crippen LogP contribution in [0, 0.1) is 0 Å². The van der Waals surface area contributed by atoms with Gasteiger partial charge in [0, 0.05) is 55.8 Å². The molecule has 0 N–H and O–H groups in total. The van der Waals surface area contributed by atoms with Crippen LogP contribution in [0.15, 0.2) is 79.6 Å². The first-order valence-corrected chi connectivity index (χ1v) is 11.7. The topological polar surface area (TPSA) is 82.4 Å². The number of nitrogens with zero attached hydrogens (tertiary/aromatic N) is 5. The van der Waals surface area contributed by atoms with Crippen molar-refractivity contribution in [2.24, 2.45) is 0 Å². The Labute approximate surface area is 204 Å². The van der Waals surface area contributed by atoms with Crippen molar-refractivity contribution < 1.29 is 14.3 Å². The molecule has 1 saturated heterocycles. The van der Waals surface area contributed by atoms with Gasteiger partial charge in [0.25, 0.3) is 5.91 Å². The third-order valence-corrected chi connectivity index (χ3v) is 6.18. The van der Waals surface area contributed by atoms with Crippen LogP contribution in [0.25, 0.3) is 0 Å². The van der Waals surface area contributed by atoms with Crippen LogP contribution in [0.5, 0.6) is 17.4 Å². The van der Waals surface area contributed by atoms with E-state index >= 15 is 0 Å². The van der Waals surface area contributed by atoms with Gasteiger partial charge in [-0.25, -0.2) is 9.97 Å². The highest BCUT2D eigenvalue weighted by Gasteiger charge is 2.28. The number of aromatic nitrogens is 4. The number of likely N-dealkylation sites (tertiary alicyclic amines) is 1. The number of hydrogen-bond acceptors (Lipinski definition) is 6. The zero-order chi connectivity index (χ0) is 24.0. The molecule has 3 heterocycles. The molecular formula is C27H27N5O3. The molecule has 2 aromatic heterocycles. The number of piperidine rings is 1. The van der Waals surface area contributed by atoms with Crippen molar-refractivity contribution in [2.75, 3.05) is 20.2 Å². The molecule has 0 radical (unpaired) electrons. The molecule has 8 nitrogen and oxygen atoms in total. The summed E-state index contributed by atoms with van der Waals surface area (Å²) in [6.07, 6.45) is 10.6. The lowest BCUT2D eigenvalue weighted by Gasteiger charge is -2.33. The van der Waals surface area contributed by atoms with E-state index in [1.807, 2.05) is 58.1 Å². The summed E-state index contributed by atoms with van der Waals surface area (Å²) >= 11 is 0. The Morgan fingerprint density at radius 1 is 1.09 bits per heavy atom. The Hall–Kier alpha value is -4.20. The van der Waals surface area contributed by atoms with Crippen LogP contribution in [-0.2, 0) is 6.54 Å². The van der Waals surface area contributed by atoms with E-state index in [1.54, 1.807) is 38.1 Å². The summed E-state index contributed by atoms with van der Waals surface area (Å²) in [6, 6.07) is 15.1. The number of carbonyl (C=O) groups is 1. The number of ether oxygens (including phenoxy) is 2. The molecule has 178 valence electrons. The van der Waals surface area contributed by atoms with Crippen molar-refractivity contribution in [2.45, 2.75) is 25.3 Å². The molecule has 0 saturated carbocycles. The van der Waals surface area contributed by atoms with E-state index in [-0.39, 0.29) is 11.8 Å². The van der Waals surface area contributed by atoms with E-state index in [2.05, 4.69) is 9.97 Å². The van der Waals surface area contributed by atoms with Gasteiger partial charge in [-0.15, -0.1) is 0 Å². The minimum atomic E-state index is 0.0437. The van der Waals surface area contributed by atoms with Crippen molar-refractivity contribution in [1.29, 1.82) is 0 Å². The molecule has 0 spiro atoms. The normalized spacial score (nSPS) is 15.6. The third kappa shape index (κ3) is 5.32. The van der Waals surface area contributed by atoms with Gasteiger partial charge in [0.05, 0.1) is 25.3 Å². The second kappa shape index (κ2) is 10.4. The summed E-state index contributed by atoms with van der Waals surface area (Å²) in [6.45, 7) is 1.92. The fourth-order valence-electron chi connectivity index (χ4n) is 4.41. The fraction of sp³-hybridized carbons (Fsp3) is 0.259. The molecule has 1 aliphatic heterocycles. The average molecular weight is 470 g/mol. The summed E-state index contributed by atoms with van der Waals surface area (Å²) in [7, 11) is 1.62. The lowest BCUT2D eigenvalue weighted by Crippen LogP contribution is -2.39. The summed E-state index contributed by atoms with van der Waals surface area (Å²) < 4.78 is 13.1. The molecule has 8 heteroatoms. The third-order valence-electron chi connectivity index (χ3n) is 6.18. The van der Waals surface area contributed by atoms with E-state index in [0.29, 0.717) is 30.5 Å². The summed E-state index contributed by atoms with van der Waals surface area (Å²) in [5.74, 6) is 1.90. The number of hydrogen-bond donors (Lipinski definition) is 0. The second-order valence-corrected chi connectivity index (χ2v) is 8.55. The Bertz CT molecular complexity index is 1290. The van der Waals surface area contributed by atoms with Crippen molar-refractivity contribution in [3.05, 3.63) is 96.5 Å². The molecule has 4 aromatic rings. The highest BCUT2D eigenvalue weighted by Crippen LogP contribution is 2.29. The first kappa shape index (κ1) is 22.6. The zero-order valence-electron chi connectivity index (χ0n) is 19.6. The molecule has 1 amide bonds. The smallest absolute Gasteiger partial charge is 0.254 e. The van der Waals surface area contributed by atoms with E-state index < -0.39 is 0 Å². The second-order valence-electron chi connectivity index (χ2n) is 8.55. The van der Waals surface area contributed by atoms with Crippen molar-refractivity contribution >= 4 is 5.91 Å². The first-order valence-electron chi connectivity index (χ1n) is 11.7. The minimum absolute atomic E-state index is 0.0437. The van der Waals surface area contributed by atoms with Crippen LogP contribution in [0.3, 0.4) is 0 Å². The van der Waals surface area contributed by atoms with Crippen LogP contribution in [-0.4, -0.2) is 50.5 Å². The Morgan fingerprint density at radius 2 is 1.97 bits per heavy atom. The van der Waals surface area contributed by atoms with Crippen LogP contribution in [0.2, 0.25) is 0 Å². The van der Waals surface area contributed by atoms with Gasteiger partial charge in [-0.2, -0.15) is 0 Å². The maximum atomic E-state index is 13.5. The summed E-state index contributed by atoms with van der Waals surface area (Å²) in [4.78, 5) is 28.6. The highest BCUT2D eigenvalue weighted by molar-refractivity contribution is 5.95. The SMILES string of the molecule is COc1cccc(Oc2cncc([C@H]3CCCN(C(=O)c4ccccc4Cn4ccnc4)C3)n2)c1. The van der Waals surface area contributed by atoms with Gasteiger partial charge >= 0.3 is 0 Å². The lowest BCUT2D eigenvalue weighted by molar-refractivity contribution is 0.0704. The number of imidazole rings is 1. The Morgan fingerprint density at radius 3 is 2.83 bits per heavy atom. The van der Waals surface area contributed by atoms with Crippen molar-refractivity contribution in [3.63, 3.8) is 0 Å². The van der Waals surface area contributed by atoms with Crippen molar-refractivity contribution in [1.82, 2.24) is 24.4 Å². The number of rotatable bonds is 7. The molecule has 0 bridgehead atoms. The lowest BCUT2D eigenvalue weighted by atomic mass is 9.94. The van der Waals surface area contributed by atoms with Gasteiger partial charge in [-0.3, -0.25) is 9.78 Å². The first-order chi connectivity index (χ1) is 17.2. The van der Waals surface area contributed by atoms with E-state index in [4.69, 9.17) is 14.5 Å². The maximum Gasteiger partial charge on any atom is 0.254 e. The Balaban J connectivity index is 1.31. The molecule has 1 aliphatic rings. The molecular weight excluding hydrogens is 442 g/mol. The number of carbonyl (C=O) groups excluding carboxylic acids is 1. The van der Waals surface area contributed by atoms with Gasteiger partial charge in [0.15, 0.2) is 0 Å². The molecule has 2 aromatic carbocycles. The van der Waals surface area contributed by atoms with E-state index in [9.17, 15) is 4.79 Å². The van der Waals surface area contributed by atoms with Gasteiger partial charge in [-0.1, -0.05) is 24.3 Å². The van der Waals surface area contributed by atoms with Crippen LogP contribution < -0.4 is 9.47 Å². The molecule has 0 aliphatic carbocycles. The molecule has 35 heavy (non-hydrogen) atoms. The van der Waals surface area contributed by atoms with Gasteiger partial charge < -0.3 is 18.9 Å². The quantitative estimate of drug-likeness (QED) is 0.395. The van der Waals surface area contributed by atoms with Crippen LogP contribution in [0.4, 0.5) is 0 Å². The molecule has 1 atom stereocenters. The molecule has 1 fully saturated rings. The average Bonchev–Trinajstić information content (AvgIpc) is 3.42. The minimum Gasteiger partial charge on any atom is -0.497 e. The summed E-state index contributed by atoms with van der Waals surface area (Å²) in [5, 5.41) is 0. The highest BCUT2D eigenvalue weighted by atomic mass is 16.5. The van der Waals surface area contributed by atoms with Gasteiger partial charge in [0.1, 0.15) is 11.5 Å². The van der Waals surface area contributed by atoms with Crippen LogP contribution in [0.1, 0.15) is 40.4 Å².